The number of phenols is 1. The van der Waals surface area contributed by atoms with Crippen LogP contribution >= 0.6 is 0 Å². The number of rotatable bonds is 12. The fraction of sp³-hybridized carbons (Fsp3) is 0.565. The van der Waals surface area contributed by atoms with Crippen molar-refractivity contribution in [1.29, 1.82) is 0 Å². The fourth-order valence-electron chi connectivity index (χ4n) is 3.16. The van der Waals surface area contributed by atoms with Crippen molar-refractivity contribution in [3.05, 3.63) is 23.8 Å². The van der Waals surface area contributed by atoms with E-state index in [2.05, 4.69) is 20.9 Å². The lowest BCUT2D eigenvalue weighted by Gasteiger charge is -2.16. The van der Waals surface area contributed by atoms with Gasteiger partial charge in [0.25, 0.3) is 5.91 Å². The average molecular weight is 479 g/mol. The third-order valence-electron chi connectivity index (χ3n) is 5.08. The highest BCUT2D eigenvalue weighted by Gasteiger charge is 2.22. The molecule has 2 rings (SSSR count). The Morgan fingerprint density at radius 2 is 2.00 bits per heavy atom. The lowest BCUT2D eigenvalue weighted by Crippen LogP contribution is -2.48. The molecule has 0 unspecified atom stereocenters. The van der Waals surface area contributed by atoms with Gasteiger partial charge < -0.3 is 35.6 Å². The van der Waals surface area contributed by atoms with Crippen molar-refractivity contribution >= 4 is 23.8 Å². The van der Waals surface area contributed by atoms with E-state index >= 15 is 0 Å². The standard InChI is InChI=1S/C23H34N4O7/c1-2-3-12-34-23(32)27-18(22(30)31)15-26-21(29)17-9-8-16(14-19(17)28)33-13-11-25-20-7-5-4-6-10-24-20/h8-9,14,18,28H,2-7,10-13,15H2,1H3,(H,24,25)(H,26,29)(H,27,32)(H,30,31)/t18-/m0/s1. The maximum atomic E-state index is 12.4. The van der Waals surface area contributed by atoms with Gasteiger partial charge in [0.2, 0.25) is 0 Å². The topological polar surface area (TPSA) is 159 Å². The molecule has 188 valence electrons. The molecule has 0 fully saturated rings. The van der Waals surface area contributed by atoms with Crippen molar-refractivity contribution in [2.75, 3.05) is 32.8 Å². The van der Waals surface area contributed by atoms with Crippen LogP contribution in [0.5, 0.6) is 11.5 Å². The molecule has 0 aromatic heterocycles. The van der Waals surface area contributed by atoms with Gasteiger partial charge in [-0.2, -0.15) is 0 Å². The van der Waals surface area contributed by atoms with Crippen LogP contribution in [-0.4, -0.2) is 72.9 Å². The maximum Gasteiger partial charge on any atom is 0.407 e. The molecular weight excluding hydrogens is 444 g/mol. The number of alkyl carbamates (subject to hydrolysis) is 1. The number of hydrogen-bond acceptors (Lipinski definition) is 8. The van der Waals surface area contributed by atoms with E-state index in [0.717, 1.165) is 38.1 Å². The number of aromatic hydroxyl groups is 1. The van der Waals surface area contributed by atoms with Gasteiger partial charge in [0.15, 0.2) is 0 Å². The molecule has 1 atom stereocenters. The number of amides is 2. The first-order valence-electron chi connectivity index (χ1n) is 11.6. The number of carboxylic acids is 1. The normalized spacial score (nSPS) is 14.2. The Labute approximate surface area is 198 Å². The molecule has 2 amide bonds. The largest absolute Gasteiger partial charge is 0.507 e. The van der Waals surface area contributed by atoms with Gasteiger partial charge in [-0.1, -0.05) is 19.8 Å². The van der Waals surface area contributed by atoms with Gasteiger partial charge in [0, 0.05) is 25.6 Å². The summed E-state index contributed by atoms with van der Waals surface area (Å²) in [5, 5.41) is 27.3. The van der Waals surface area contributed by atoms with Crippen LogP contribution in [0.3, 0.4) is 0 Å². The number of ether oxygens (including phenoxy) is 2. The van der Waals surface area contributed by atoms with Gasteiger partial charge >= 0.3 is 12.1 Å². The molecule has 11 heteroatoms. The summed E-state index contributed by atoms with van der Waals surface area (Å²) < 4.78 is 10.5. The van der Waals surface area contributed by atoms with Gasteiger partial charge in [-0.3, -0.25) is 9.79 Å². The van der Waals surface area contributed by atoms with E-state index in [1.165, 1.54) is 24.6 Å². The molecule has 0 bridgehead atoms. The van der Waals surface area contributed by atoms with Gasteiger partial charge in [0.1, 0.15) is 24.1 Å². The van der Waals surface area contributed by atoms with E-state index in [1.54, 1.807) is 0 Å². The maximum absolute atomic E-state index is 12.4. The molecule has 0 saturated heterocycles. The quantitative estimate of drug-likeness (QED) is 0.286. The number of nitrogens with zero attached hydrogens (tertiary/aromatic N) is 1. The zero-order chi connectivity index (χ0) is 24.8. The zero-order valence-corrected chi connectivity index (χ0v) is 19.5. The highest BCUT2D eigenvalue weighted by atomic mass is 16.5. The molecule has 1 aliphatic heterocycles. The Bertz CT molecular complexity index is 860. The number of carboxylic acid groups (broad SMARTS) is 1. The molecule has 1 aromatic rings. The molecule has 5 N–H and O–H groups in total. The first-order valence-corrected chi connectivity index (χ1v) is 11.6. The van der Waals surface area contributed by atoms with Crippen LogP contribution in [0.15, 0.2) is 23.2 Å². The number of carbonyl (C=O) groups is 3. The Balaban J connectivity index is 1.79. The SMILES string of the molecule is CCCCOC(=O)N[C@@H](CNC(=O)c1ccc(OCCNC2=NCCCCC2)cc1O)C(=O)O. The number of amidine groups is 1. The molecule has 0 saturated carbocycles. The number of unbranched alkanes of at least 4 members (excludes halogenated alkanes) is 1. The van der Waals surface area contributed by atoms with E-state index in [1.807, 2.05) is 6.92 Å². The van der Waals surface area contributed by atoms with E-state index in [-0.39, 0.29) is 24.5 Å². The number of benzene rings is 1. The van der Waals surface area contributed by atoms with Crippen LogP contribution in [0, 0.1) is 0 Å². The molecule has 11 nitrogen and oxygen atoms in total. The molecule has 0 aliphatic carbocycles. The fourth-order valence-corrected chi connectivity index (χ4v) is 3.16. The van der Waals surface area contributed by atoms with Crippen LogP contribution < -0.4 is 20.7 Å². The van der Waals surface area contributed by atoms with Crippen molar-refractivity contribution < 1.29 is 34.1 Å². The number of aliphatic imine (C=N–C) groups is 1. The van der Waals surface area contributed by atoms with Crippen molar-refractivity contribution in [3.8, 4) is 11.5 Å². The van der Waals surface area contributed by atoms with E-state index in [0.29, 0.717) is 25.3 Å². The number of aliphatic carboxylic acids is 1. The van der Waals surface area contributed by atoms with E-state index < -0.39 is 24.0 Å². The highest BCUT2D eigenvalue weighted by Crippen LogP contribution is 2.23. The van der Waals surface area contributed by atoms with E-state index in [4.69, 9.17) is 9.47 Å². The molecule has 1 aromatic carbocycles. The van der Waals surface area contributed by atoms with Crippen LogP contribution in [0.25, 0.3) is 0 Å². The average Bonchev–Trinajstić information content (AvgIpc) is 3.08. The summed E-state index contributed by atoms with van der Waals surface area (Å²) in [5.74, 6) is -0.957. The van der Waals surface area contributed by atoms with Crippen molar-refractivity contribution in [3.63, 3.8) is 0 Å². The van der Waals surface area contributed by atoms with Gasteiger partial charge in [-0.15, -0.1) is 0 Å². The zero-order valence-electron chi connectivity index (χ0n) is 19.5. The third kappa shape index (κ3) is 9.55. The van der Waals surface area contributed by atoms with E-state index in [9.17, 15) is 24.6 Å². The smallest absolute Gasteiger partial charge is 0.407 e. The van der Waals surface area contributed by atoms with Crippen LogP contribution in [0.4, 0.5) is 4.79 Å². The second-order valence-electron chi connectivity index (χ2n) is 7.83. The summed E-state index contributed by atoms with van der Waals surface area (Å²) in [6.07, 6.45) is 4.96. The molecule has 0 spiro atoms. The minimum atomic E-state index is -1.38. The summed E-state index contributed by atoms with van der Waals surface area (Å²) in [5.41, 5.74) is -0.0482. The van der Waals surface area contributed by atoms with Crippen LogP contribution in [0.2, 0.25) is 0 Å². The summed E-state index contributed by atoms with van der Waals surface area (Å²) in [4.78, 5) is 39.9. The molecule has 1 aliphatic rings. The summed E-state index contributed by atoms with van der Waals surface area (Å²) in [7, 11) is 0. The summed E-state index contributed by atoms with van der Waals surface area (Å²) in [6.45, 7) is 3.47. The number of nitrogens with one attached hydrogen (secondary N) is 3. The summed E-state index contributed by atoms with van der Waals surface area (Å²) >= 11 is 0. The Morgan fingerprint density at radius 1 is 1.18 bits per heavy atom. The number of hydrogen-bond donors (Lipinski definition) is 5. The minimum absolute atomic E-state index is 0.0482. The van der Waals surface area contributed by atoms with Crippen LogP contribution in [-0.2, 0) is 9.53 Å². The second-order valence-corrected chi connectivity index (χ2v) is 7.83. The van der Waals surface area contributed by atoms with Crippen molar-refractivity contribution in [1.82, 2.24) is 16.0 Å². The highest BCUT2D eigenvalue weighted by molar-refractivity contribution is 5.97. The second kappa shape index (κ2) is 14.6. The molecule has 0 radical (unpaired) electrons. The van der Waals surface area contributed by atoms with Gasteiger partial charge in [0.05, 0.1) is 24.6 Å². The monoisotopic (exact) mass is 478 g/mol. The first kappa shape index (κ1) is 26.7. The molecular formula is C23H34N4O7. The molecule has 34 heavy (non-hydrogen) atoms. The number of phenolic OH excluding ortho intramolecular Hbond substituents is 1. The Morgan fingerprint density at radius 3 is 2.74 bits per heavy atom. The van der Waals surface area contributed by atoms with Crippen molar-refractivity contribution in [2.24, 2.45) is 4.99 Å². The first-order chi connectivity index (χ1) is 16.4. The van der Waals surface area contributed by atoms with Gasteiger partial charge in [-0.05, 0) is 31.4 Å². The summed E-state index contributed by atoms with van der Waals surface area (Å²) in [6, 6.07) is 2.85. The van der Waals surface area contributed by atoms with Crippen molar-refractivity contribution in [2.45, 2.75) is 51.5 Å². The van der Waals surface area contributed by atoms with Gasteiger partial charge in [-0.25, -0.2) is 9.59 Å². The van der Waals surface area contributed by atoms with Crippen LogP contribution in [0.1, 0.15) is 55.8 Å². The third-order valence-corrected chi connectivity index (χ3v) is 5.08. The minimum Gasteiger partial charge on any atom is -0.507 e. The lowest BCUT2D eigenvalue weighted by atomic mass is 10.1. The lowest BCUT2D eigenvalue weighted by molar-refractivity contribution is -0.139. The number of carbonyl (C=O) groups excluding carboxylic acids is 2. The Hall–Kier alpha value is -3.50. The molecule has 1 heterocycles. The predicted molar refractivity (Wildman–Crippen MR) is 126 cm³/mol. The predicted octanol–water partition coefficient (Wildman–Crippen LogP) is 2.04. The Kier molecular flexibility index (Phi) is 11.5.